The Morgan fingerprint density at radius 1 is 1.25 bits per heavy atom. The summed E-state index contributed by atoms with van der Waals surface area (Å²) in [6.07, 6.45) is 8.57. The average Bonchev–Trinajstić information content (AvgIpc) is 2.78. The molecule has 0 aromatic carbocycles. The second-order valence-electron chi connectivity index (χ2n) is 5.68. The predicted octanol–water partition coefficient (Wildman–Crippen LogP) is 2.64. The van der Waals surface area contributed by atoms with E-state index in [4.69, 9.17) is 0 Å². The number of hydrogen-bond acceptors (Lipinski definition) is 2. The van der Waals surface area contributed by atoms with Crippen LogP contribution in [0.5, 0.6) is 0 Å². The molecule has 2 aliphatic rings. The largest absolute Gasteiger partial charge is 0.315 e. The van der Waals surface area contributed by atoms with Crippen LogP contribution in [0.15, 0.2) is 0 Å². The molecule has 2 fully saturated rings. The highest BCUT2D eigenvalue weighted by atomic mass is 15.2. The summed E-state index contributed by atoms with van der Waals surface area (Å²) in [6, 6.07) is 2.28. The number of hydrogen-bond donors (Lipinski definition) is 1. The topological polar surface area (TPSA) is 15.3 Å². The Morgan fingerprint density at radius 3 is 2.69 bits per heavy atom. The van der Waals surface area contributed by atoms with Crippen molar-refractivity contribution in [2.24, 2.45) is 5.92 Å². The summed E-state index contributed by atoms with van der Waals surface area (Å²) in [4.78, 5) is 2.81. The molecule has 1 aliphatic carbocycles. The number of fused-ring (bicyclic) bond motifs is 1. The highest BCUT2D eigenvalue weighted by Gasteiger charge is 2.38. The first kappa shape index (κ1) is 12.4. The van der Waals surface area contributed by atoms with Gasteiger partial charge in [0.2, 0.25) is 0 Å². The second-order valence-corrected chi connectivity index (χ2v) is 5.68. The molecule has 0 radical (unpaired) electrons. The van der Waals surface area contributed by atoms with Gasteiger partial charge in [0.1, 0.15) is 0 Å². The first-order chi connectivity index (χ1) is 7.77. The van der Waals surface area contributed by atoms with Gasteiger partial charge in [-0.2, -0.15) is 0 Å². The lowest BCUT2D eigenvalue weighted by Crippen LogP contribution is -2.54. The third kappa shape index (κ3) is 2.28. The van der Waals surface area contributed by atoms with Crippen LogP contribution in [0.1, 0.15) is 52.4 Å². The van der Waals surface area contributed by atoms with Crippen molar-refractivity contribution in [2.45, 2.75) is 70.5 Å². The molecular formula is C14H28N2. The molecular weight excluding hydrogens is 196 g/mol. The predicted molar refractivity (Wildman–Crippen MR) is 69.7 cm³/mol. The van der Waals surface area contributed by atoms with Crippen LogP contribution in [0.4, 0.5) is 0 Å². The van der Waals surface area contributed by atoms with E-state index < -0.39 is 0 Å². The highest BCUT2D eigenvalue weighted by molar-refractivity contribution is 4.93. The van der Waals surface area contributed by atoms with Crippen LogP contribution in [-0.4, -0.2) is 36.6 Å². The molecule has 0 spiro atoms. The zero-order chi connectivity index (χ0) is 11.5. The Balaban J connectivity index is 2.01. The van der Waals surface area contributed by atoms with Gasteiger partial charge in [-0.1, -0.05) is 13.3 Å². The molecule has 1 aliphatic heterocycles. The first-order valence-electron chi connectivity index (χ1n) is 7.21. The van der Waals surface area contributed by atoms with Gasteiger partial charge in [0.05, 0.1) is 0 Å². The molecule has 1 saturated carbocycles. The fourth-order valence-electron chi connectivity index (χ4n) is 4.02. The zero-order valence-electron chi connectivity index (χ0n) is 11.2. The fraction of sp³-hybridized carbons (Fsp3) is 1.00. The molecule has 2 rings (SSSR count). The first-order valence-corrected chi connectivity index (χ1v) is 7.21. The molecule has 4 atom stereocenters. The van der Waals surface area contributed by atoms with Crippen molar-refractivity contribution < 1.29 is 0 Å². The number of nitrogens with one attached hydrogen (secondary N) is 1. The molecule has 1 heterocycles. The Morgan fingerprint density at radius 2 is 2.00 bits per heavy atom. The van der Waals surface area contributed by atoms with E-state index in [9.17, 15) is 0 Å². The Bertz CT molecular complexity index is 213. The second kappa shape index (κ2) is 5.50. The Labute approximate surface area is 101 Å². The number of rotatable bonds is 4. The van der Waals surface area contributed by atoms with Crippen LogP contribution in [0.3, 0.4) is 0 Å². The van der Waals surface area contributed by atoms with E-state index in [-0.39, 0.29) is 0 Å². The Kier molecular flexibility index (Phi) is 4.26. The molecule has 0 aromatic rings. The molecule has 0 amide bonds. The molecule has 0 bridgehead atoms. The van der Waals surface area contributed by atoms with Gasteiger partial charge in [-0.05, 0) is 58.5 Å². The maximum Gasteiger partial charge on any atom is 0.0223 e. The number of likely N-dealkylation sites (tertiary alicyclic amines) is 1. The summed E-state index contributed by atoms with van der Waals surface area (Å²) in [7, 11) is 2.11. The van der Waals surface area contributed by atoms with Crippen molar-refractivity contribution >= 4 is 0 Å². The number of nitrogens with zero attached hydrogens (tertiary/aromatic N) is 1. The van der Waals surface area contributed by atoms with Gasteiger partial charge in [0.15, 0.2) is 0 Å². The summed E-state index contributed by atoms with van der Waals surface area (Å²) in [5, 5.41) is 3.49. The smallest absolute Gasteiger partial charge is 0.0223 e. The molecule has 0 aromatic heterocycles. The van der Waals surface area contributed by atoms with Crippen LogP contribution in [0.2, 0.25) is 0 Å². The summed E-state index contributed by atoms with van der Waals surface area (Å²) < 4.78 is 0. The van der Waals surface area contributed by atoms with Crippen molar-refractivity contribution in [1.82, 2.24) is 10.2 Å². The van der Waals surface area contributed by atoms with Gasteiger partial charge in [0.25, 0.3) is 0 Å². The standard InChI is InChI=1S/C14H28N2/c1-4-13(15-3)11(2)16-10-6-8-12-7-5-9-14(12)16/h11-15H,4-10H2,1-3H3. The number of piperidine rings is 1. The van der Waals surface area contributed by atoms with E-state index in [2.05, 4.69) is 31.1 Å². The lowest BCUT2D eigenvalue weighted by molar-refractivity contribution is 0.0575. The van der Waals surface area contributed by atoms with Crippen LogP contribution in [0.25, 0.3) is 0 Å². The van der Waals surface area contributed by atoms with E-state index in [1.807, 2.05) is 0 Å². The zero-order valence-corrected chi connectivity index (χ0v) is 11.2. The quantitative estimate of drug-likeness (QED) is 0.790. The van der Waals surface area contributed by atoms with Gasteiger partial charge >= 0.3 is 0 Å². The molecule has 2 heteroatoms. The highest BCUT2D eigenvalue weighted by Crippen LogP contribution is 2.38. The molecule has 4 unspecified atom stereocenters. The van der Waals surface area contributed by atoms with Gasteiger partial charge < -0.3 is 5.32 Å². The Hall–Kier alpha value is -0.0800. The summed E-state index contributed by atoms with van der Waals surface area (Å²) in [5.41, 5.74) is 0. The van der Waals surface area contributed by atoms with E-state index in [0.29, 0.717) is 12.1 Å². The van der Waals surface area contributed by atoms with E-state index in [1.54, 1.807) is 0 Å². The third-order valence-electron chi connectivity index (χ3n) is 4.95. The van der Waals surface area contributed by atoms with Crippen molar-refractivity contribution in [2.75, 3.05) is 13.6 Å². The third-order valence-corrected chi connectivity index (χ3v) is 4.95. The molecule has 1 saturated heterocycles. The van der Waals surface area contributed by atoms with Crippen LogP contribution < -0.4 is 5.32 Å². The normalized spacial score (nSPS) is 34.7. The SMILES string of the molecule is CCC(NC)C(C)N1CCCC2CCCC21. The lowest BCUT2D eigenvalue weighted by Gasteiger charge is -2.44. The molecule has 1 N–H and O–H groups in total. The monoisotopic (exact) mass is 224 g/mol. The minimum absolute atomic E-state index is 0.666. The summed E-state index contributed by atoms with van der Waals surface area (Å²) in [6.45, 7) is 6.06. The van der Waals surface area contributed by atoms with Gasteiger partial charge in [-0.3, -0.25) is 4.90 Å². The van der Waals surface area contributed by atoms with E-state index in [1.165, 1.54) is 45.1 Å². The van der Waals surface area contributed by atoms with Crippen LogP contribution >= 0.6 is 0 Å². The van der Waals surface area contributed by atoms with Crippen molar-refractivity contribution in [3.8, 4) is 0 Å². The van der Waals surface area contributed by atoms with Crippen LogP contribution in [-0.2, 0) is 0 Å². The van der Waals surface area contributed by atoms with Gasteiger partial charge in [-0.15, -0.1) is 0 Å². The van der Waals surface area contributed by atoms with Gasteiger partial charge in [-0.25, -0.2) is 0 Å². The summed E-state index contributed by atoms with van der Waals surface area (Å²) in [5.74, 6) is 1.02. The maximum atomic E-state index is 3.49. The van der Waals surface area contributed by atoms with Crippen LogP contribution in [0, 0.1) is 5.92 Å². The van der Waals surface area contributed by atoms with E-state index >= 15 is 0 Å². The van der Waals surface area contributed by atoms with Gasteiger partial charge in [0, 0.05) is 18.1 Å². The molecule has 94 valence electrons. The molecule has 16 heavy (non-hydrogen) atoms. The van der Waals surface area contributed by atoms with E-state index in [0.717, 1.165) is 12.0 Å². The fourth-order valence-corrected chi connectivity index (χ4v) is 4.02. The number of likely N-dealkylation sites (N-methyl/N-ethyl adjacent to an activating group) is 1. The average molecular weight is 224 g/mol. The summed E-state index contributed by atoms with van der Waals surface area (Å²) >= 11 is 0. The minimum atomic E-state index is 0.666. The molecule has 2 nitrogen and oxygen atoms in total. The lowest BCUT2D eigenvalue weighted by atomic mass is 9.89. The van der Waals surface area contributed by atoms with Crippen molar-refractivity contribution in [3.63, 3.8) is 0 Å². The van der Waals surface area contributed by atoms with Crippen molar-refractivity contribution in [3.05, 3.63) is 0 Å². The minimum Gasteiger partial charge on any atom is -0.315 e. The maximum absolute atomic E-state index is 3.49. The van der Waals surface area contributed by atoms with Crippen molar-refractivity contribution in [1.29, 1.82) is 0 Å².